The number of amides is 1. The van der Waals surface area contributed by atoms with Gasteiger partial charge in [-0.05, 0) is 12.5 Å². The monoisotopic (exact) mass is 447 g/mol. The number of hydrogen-bond acceptors (Lipinski definition) is 4. The molecule has 1 rings (SSSR count). The first-order valence-corrected chi connectivity index (χ1v) is 12.9. The minimum Gasteiger partial charge on any atom is -0.352 e. The first-order valence-electron chi connectivity index (χ1n) is 12.9. The second kappa shape index (κ2) is 18.6. The van der Waals surface area contributed by atoms with E-state index in [0.717, 1.165) is 12.8 Å². The molecule has 3 N–H and O–H groups in total. The van der Waals surface area contributed by atoms with Crippen molar-refractivity contribution in [3.63, 3.8) is 0 Å². The van der Waals surface area contributed by atoms with Crippen LogP contribution in [-0.2, 0) is 6.54 Å². The highest BCUT2D eigenvalue weighted by atomic mass is 16.6. The number of carbonyl (C=O) groups is 1. The first-order chi connectivity index (χ1) is 15.6. The maximum atomic E-state index is 12.2. The lowest BCUT2D eigenvalue weighted by Crippen LogP contribution is -2.24. The van der Waals surface area contributed by atoms with Crippen molar-refractivity contribution >= 4 is 11.6 Å². The normalized spacial score (nSPS) is 10.9. The van der Waals surface area contributed by atoms with Crippen LogP contribution in [0.3, 0.4) is 0 Å². The summed E-state index contributed by atoms with van der Waals surface area (Å²) in [5, 5.41) is 14.0. The summed E-state index contributed by atoms with van der Waals surface area (Å²) in [6, 6.07) is 4.46. The van der Waals surface area contributed by atoms with Crippen LogP contribution >= 0.6 is 0 Å². The van der Waals surface area contributed by atoms with Crippen LogP contribution < -0.4 is 11.1 Å². The van der Waals surface area contributed by atoms with E-state index in [4.69, 9.17) is 5.73 Å². The van der Waals surface area contributed by atoms with Crippen molar-refractivity contribution < 1.29 is 9.72 Å². The summed E-state index contributed by atoms with van der Waals surface area (Å²) in [7, 11) is 0. The molecule has 0 unspecified atom stereocenters. The van der Waals surface area contributed by atoms with Gasteiger partial charge in [-0.2, -0.15) is 0 Å². The number of carbonyl (C=O) groups excluding carboxylic acids is 1. The number of nitrogens with one attached hydrogen (secondary N) is 1. The summed E-state index contributed by atoms with van der Waals surface area (Å²) in [6.45, 7) is 2.95. The Morgan fingerprint density at radius 1 is 0.844 bits per heavy atom. The molecule has 0 atom stereocenters. The third-order valence-electron chi connectivity index (χ3n) is 6.08. The number of benzene rings is 1. The van der Waals surface area contributed by atoms with Crippen molar-refractivity contribution in [3.8, 4) is 0 Å². The fraction of sp³-hybridized carbons (Fsp3) is 0.731. The van der Waals surface area contributed by atoms with Gasteiger partial charge in [0, 0.05) is 30.3 Å². The zero-order valence-corrected chi connectivity index (χ0v) is 20.2. The topological polar surface area (TPSA) is 98.3 Å². The number of nitro groups is 1. The molecule has 0 aromatic heterocycles. The third kappa shape index (κ3) is 12.8. The van der Waals surface area contributed by atoms with Gasteiger partial charge < -0.3 is 11.1 Å². The molecule has 0 bridgehead atoms. The number of nitrogens with zero attached hydrogens (tertiary/aromatic N) is 1. The highest BCUT2D eigenvalue weighted by Gasteiger charge is 2.16. The lowest BCUT2D eigenvalue weighted by molar-refractivity contribution is -0.385. The van der Waals surface area contributed by atoms with E-state index in [0.29, 0.717) is 17.7 Å². The second-order valence-corrected chi connectivity index (χ2v) is 8.86. The molecule has 0 aliphatic heterocycles. The van der Waals surface area contributed by atoms with Crippen LogP contribution in [0.4, 0.5) is 5.69 Å². The molecule has 6 nitrogen and oxygen atoms in total. The molecule has 0 fully saturated rings. The third-order valence-corrected chi connectivity index (χ3v) is 6.08. The summed E-state index contributed by atoms with van der Waals surface area (Å²) >= 11 is 0. The fourth-order valence-electron chi connectivity index (χ4n) is 4.02. The van der Waals surface area contributed by atoms with Crippen LogP contribution in [0.2, 0.25) is 0 Å². The number of nitro benzene ring substituents is 1. The summed E-state index contributed by atoms with van der Waals surface area (Å²) in [6.07, 6.45) is 21.1. The molecule has 1 aromatic rings. The molecule has 0 aliphatic rings. The molecule has 0 heterocycles. The molecule has 6 heteroatoms. The summed E-state index contributed by atoms with van der Waals surface area (Å²) in [4.78, 5) is 22.8. The van der Waals surface area contributed by atoms with Gasteiger partial charge in [-0.15, -0.1) is 0 Å². The van der Waals surface area contributed by atoms with Crippen LogP contribution in [0.15, 0.2) is 18.2 Å². The predicted octanol–water partition coefficient (Wildman–Crippen LogP) is 7.04. The van der Waals surface area contributed by atoms with E-state index in [1.165, 1.54) is 96.0 Å². The van der Waals surface area contributed by atoms with Crippen molar-refractivity contribution in [2.45, 2.75) is 116 Å². The molecule has 1 aromatic carbocycles. The second-order valence-electron chi connectivity index (χ2n) is 8.86. The number of hydrogen-bond donors (Lipinski definition) is 2. The fourth-order valence-corrected chi connectivity index (χ4v) is 4.02. The van der Waals surface area contributed by atoms with E-state index in [9.17, 15) is 14.9 Å². The highest BCUT2D eigenvalue weighted by molar-refractivity contribution is 5.94. The Kier molecular flexibility index (Phi) is 16.3. The van der Waals surface area contributed by atoms with Crippen LogP contribution in [0, 0.1) is 10.1 Å². The Morgan fingerprint density at radius 2 is 1.31 bits per heavy atom. The Hall–Kier alpha value is -1.95. The Labute approximate surface area is 194 Å². The Bertz CT molecular complexity index is 649. The molecular formula is C26H45N3O3. The van der Waals surface area contributed by atoms with Gasteiger partial charge in [0.05, 0.1) is 4.92 Å². The Morgan fingerprint density at radius 3 is 1.75 bits per heavy atom. The van der Waals surface area contributed by atoms with Crippen molar-refractivity contribution in [2.24, 2.45) is 5.73 Å². The van der Waals surface area contributed by atoms with E-state index in [1.807, 2.05) is 0 Å². The molecule has 0 saturated heterocycles. The average molecular weight is 448 g/mol. The largest absolute Gasteiger partial charge is 0.352 e. The quantitative estimate of drug-likeness (QED) is 0.127. The lowest BCUT2D eigenvalue weighted by atomic mass is 10.0. The van der Waals surface area contributed by atoms with Crippen molar-refractivity contribution in [1.29, 1.82) is 0 Å². The number of rotatable bonds is 20. The minimum absolute atomic E-state index is 0.0808. The highest BCUT2D eigenvalue weighted by Crippen LogP contribution is 2.20. The van der Waals surface area contributed by atoms with Gasteiger partial charge in [0.2, 0.25) is 0 Å². The number of unbranched alkanes of at least 4 members (excludes halogenated alkanes) is 15. The van der Waals surface area contributed by atoms with E-state index in [-0.39, 0.29) is 18.1 Å². The van der Waals surface area contributed by atoms with E-state index < -0.39 is 4.92 Å². The van der Waals surface area contributed by atoms with Crippen LogP contribution in [-0.4, -0.2) is 17.4 Å². The minimum atomic E-state index is -0.491. The summed E-state index contributed by atoms with van der Waals surface area (Å²) < 4.78 is 0. The average Bonchev–Trinajstić information content (AvgIpc) is 2.80. The molecule has 0 aliphatic carbocycles. The van der Waals surface area contributed by atoms with Crippen molar-refractivity contribution in [1.82, 2.24) is 5.32 Å². The van der Waals surface area contributed by atoms with E-state index in [1.54, 1.807) is 12.1 Å². The maximum Gasteiger partial charge on any atom is 0.274 e. The zero-order valence-electron chi connectivity index (χ0n) is 20.2. The van der Waals surface area contributed by atoms with Gasteiger partial charge in [-0.3, -0.25) is 14.9 Å². The van der Waals surface area contributed by atoms with Gasteiger partial charge in [0.25, 0.3) is 11.6 Å². The SMILES string of the molecule is CCCCCCCCCCCCCCCCCCNC(=O)c1ccc(CN)c([N+](=O)[O-])c1. The first kappa shape index (κ1) is 28.1. The van der Waals surface area contributed by atoms with Gasteiger partial charge in [-0.1, -0.05) is 109 Å². The van der Waals surface area contributed by atoms with Crippen molar-refractivity contribution in [2.75, 3.05) is 6.54 Å². The molecule has 0 radical (unpaired) electrons. The lowest BCUT2D eigenvalue weighted by Gasteiger charge is -2.07. The van der Waals surface area contributed by atoms with Gasteiger partial charge in [0.1, 0.15) is 0 Å². The summed E-state index contributed by atoms with van der Waals surface area (Å²) in [5.41, 5.74) is 6.17. The van der Waals surface area contributed by atoms with E-state index in [2.05, 4.69) is 12.2 Å². The van der Waals surface area contributed by atoms with Gasteiger partial charge in [0.15, 0.2) is 0 Å². The molecule has 32 heavy (non-hydrogen) atoms. The molecule has 182 valence electrons. The van der Waals surface area contributed by atoms with E-state index >= 15 is 0 Å². The van der Waals surface area contributed by atoms with Gasteiger partial charge in [-0.25, -0.2) is 0 Å². The zero-order chi connectivity index (χ0) is 23.4. The Balaban J connectivity index is 1.96. The maximum absolute atomic E-state index is 12.2. The van der Waals surface area contributed by atoms with Crippen LogP contribution in [0.25, 0.3) is 0 Å². The smallest absolute Gasteiger partial charge is 0.274 e. The number of nitrogens with two attached hydrogens (primary N) is 1. The molecular weight excluding hydrogens is 402 g/mol. The molecule has 0 spiro atoms. The standard InChI is InChI=1S/C26H45N3O3/c1-2-3-4-5-6-7-8-9-10-11-12-13-14-15-16-17-20-28-26(30)23-18-19-24(22-27)25(21-23)29(31)32/h18-19,21H,2-17,20,22,27H2,1H3,(H,28,30). The summed E-state index contributed by atoms with van der Waals surface area (Å²) in [5.74, 6) is -0.266. The van der Waals surface area contributed by atoms with Crippen molar-refractivity contribution in [3.05, 3.63) is 39.4 Å². The van der Waals surface area contributed by atoms with Crippen LogP contribution in [0.5, 0.6) is 0 Å². The molecule has 1 amide bonds. The molecule has 0 saturated carbocycles. The predicted molar refractivity (Wildman–Crippen MR) is 133 cm³/mol. The van der Waals surface area contributed by atoms with Crippen LogP contribution in [0.1, 0.15) is 126 Å². The van der Waals surface area contributed by atoms with Gasteiger partial charge >= 0.3 is 0 Å².